The molecule has 1 fully saturated rings. The van der Waals surface area contributed by atoms with E-state index in [1.807, 2.05) is 91.0 Å². The van der Waals surface area contributed by atoms with Crippen molar-refractivity contribution in [1.82, 2.24) is 0 Å². The average Bonchev–Trinajstić information content (AvgIpc) is 2.96. The molecule has 4 rings (SSSR count). The smallest absolute Gasteiger partial charge is 0.184 e. The van der Waals surface area contributed by atoms with E-state index >= 15 is 0 Å². The highest BCUT2D eigenvalue weighted by molar-refractivity contribution is 5.82. The minimum Gasteiger partial charge on any atom is -0.374 e. The number of carbonyl (C=O) groups excluding carboxylic acids is 1. The molecule has 7 heteroatoms. The van der Waals surface area contributed by atoms with Gasteiger partial charge in [0.05, 0.1) is 38.4 Å². The van der Waals surface area contributed by atoms with Gasteiger partial charge in [-0.1, -0.05) is 91.0 Å². The van der Waals surface area contributed by atoms with Crippen molar-refractivity contribution in [2.75, 3.05) is 20.3 Å². The second-order valence-corrected chi connectivity index (χ2v) is 9.33. The lowest BCUT2D eigenvalue weighted by molar-refractivity contribution is -0.299. The summed E-state index contributed by atoms with van der Waals surface area (Å²) in [6, 6.07) is 29.6. The monoisotopic (exact) mass is 519 g/mol. The zero-order valence-corrected chi connectivity index (χ0v) is 21.8. The normalized spacial score (nSPS) is 23.3. The second kappa shape index (κ2) is 14.9. The molecule has 38 heavy (non-hydrogen) atoms. The zero-order chi connectivity index (χ0) is 26.6. The minimum absolute atomic E-state index is 0.0398. The van der Waals surface area contributed by atoms with E-state index in [9.17, 15) is 4.79 Å². The summed E-state index contributed by atoms with van der Waals surface area (Å²) in [5.41, 5.74) is 8.85. The van der Waals surface area contributed by atoms with Crippen LogP contribution in [-0.2, 0) is 48.3 Å². The molecule has 0 bridgehead atoms. The second-order valence-electron chi connectivity index (χ2n) is 9.33. The number of hydrogen-bond acceptors (Lipinski definition) is 7. The number of methoxy groups -OCH3 is 1. The summed E-state index contributed by atoms with van der Waals surface area (Å²) in [5.74, 6) is -0.683. The van der Waals surface area contributed by atoms with Crippen LogP contribution >= 0.6 is 0 Å². The molecule has 1 aliphatic heterocycles. The molecule has 1 saturated heterocycles. The van der Waals surface area contributed by atoms with Crippen molar-refractivity contribution in [2.24, 2.45) is 11.7 Å². The lowest BCUT2D eigenvalue weighted by Crippen LogP contribution is -2.60. The molecule has 5 atom stereocenters. The molecule has 2 N–H and O–H groups in total. The standard InChI is InChI=1S/C31H37NO6/c1-34-31-30(37-21-25-15-9-4-10-16-25)28(26(33)17-18-32)29(36-20-24-13-7-3-8-14-24)27(38-31)22-35-19-23-11-5-2-6-12-23/h2-16,27-31H,17-22,32H2,1H3/t27?,28?,29-,30?,31+/m0/s1. The lowest BCUT2D eigenvalue weighted by Gasteiger charge is -2.45. The van der Waals surface area contributed by atoms with Crippen molar-refractivity contribution in [3.8, 4) is 0 Å². The van der Waals surface area contributed by atoms with Crippen molar-refractivity contribution in [1.29, 1.82) is 0 Å². The maximum atomic E-state index is 13.6. The van der Waals surface area contributed by atoms with Gasteiger partial charge in [-0.15, -0.1) is 0 Å². The molecule has 0 radical (unpaired) electrons. The van der Waals surface area contributed by atoms with Crippen LogP contribution in [0.2, 0.25) is 0 Å². The fourth-order valence-electron chi connectivity index (χ4n) is 4.71. The van der Waals surface area contributed by atoms with Gasteiger partial charge in [-0.3, -0.25) is 4.79 Å². The minimum atomic E-state index is -0.771. The first-order chi connectivity index (χ1) is 18.7. The number of benzene rings is 3. The zero-order valence-electron chi connectivity index (χ0n) is 21.8. The van der Waals surface area contributed by atoms with Gasteiger partial charge in [0.2, 0.25) is 0 Å². The molecule has 7 nitrogen and oxygen atoms in total. The van der Waals surface area contributed by atoms with E-state index in [0.717, 1.165) is 16.7 Å². The van der Waals surface area contributed by atoms with Crippen LogP contribution in [0.15, 0.2) is 91.0 Å². The maximum Gasteiger partial charge on any atom is 0.184 e. The van der Waals surface area contributed by atoms with Gasteiger partial charge in [-0.2, -0.15) is 0 Å². The Morgan fingerprint density at radius 3 is 1.76 bits per heavy atom. The fourth-order valence-corrected chi connectivity index (χ4v) is 4.71. The SMILES string of the molecule is CO[C@@H]1OC(COCc2ccccc2)[C@H](OCc2ccccc2)C(C(=O)CCN)C1OCc1ccccc1. The largest absolute Gasteiger partial charge is 0.374 e. The molecule has 3 aromatic carbocycles. The van der Waals surface area contributed by atoms with Gasteiger partial charge < -0.3 is 29.4 Å². The molecule has 0 saturated carbocycles. The van der Waals surface area contributed by atoms with Gasteiger partial charge in [0.25, 0.3) is 0 Å². The topological polar surface area (TPSA) is 89.2 Å². The molecule has 202 valence electrons. The quantitative estimate of drug-likeness (QED) is 0.340. The van der Waals surface area contributed by atoms with Crippen LogP contribution in [0.3, 0.4) is 0 Å². The van der Waals surface area contributed by atoms with Gasteiger partial charge in [0.1, 0.15) is 18.0 Å². The first-order valence-corrected chi connectivity index (χ1v) is 13.0. The Morgan fingerprint density at radius 2 is 1.26 bits per heavy atom. The molecule has 1 aliphatic rings. The highest BCUT2D eigenvalue weighted by Crippen LogP contribution is 2.34. The predicted octanol–water partition coefficient (Wildman–Crippen LogP) is 4.28. The third kappa shape index (κ3) is 7.80. The van der Waals surface area contributed by atoms with Crippen molar-refractivity contribution in [3.63, 3.8) is 0 Å². The summed E-state index contributed by atoms with van der Waals surface area (Å²) >= 11 is 0. The first-order valence-electron chi connectivity index (χ1n) is 13.0. The number of ketones is 1. The average molecular weight is 520 g/mol. The van der Waals surface area contributed by atoms with Crippen LogP contribution in [0.25, 0.3) is 0 Å². The van der Waals surface area contributed by atoms with E-state index in [4.69, 9.17) is 29.4 Å². The van der Waals surface area contributed by atoms with Gasteiger partial charge in [-0.05, 0) is 23.2 Å². The van der Waals surface area contributed by atoms with Gasteiger partial charge in [0.15, 0.2) is 6.29 Å². The summed E-state index contributed by atoms with van der Waals surface area (Å²) in [5, 5.41) is 0. The van der Waals surface area contributed by atoms with E-state index in [2.05, 4.69) is 0 Å². The summed E-state index contributed by atoms with van der Waals surface area (Å²) in [7, 11) is 1.56. The Morgan fingerprint density at radius 1 is 0.763 bits per heavy atom. The molecule has 3 aromatic rings. The lowest BCUT2D eigenvalue weighted by atomic mass is 9.83. The Hall–Kier alpha value is -2.91. The van der Waals surface area contributed by atoms with Crippen LogP contribution in [-0.4, -0.2) is 50.6 Å². The highest BCUT2D eigenvalue weighted by Gasteiger charge is 2.50. The van der Waals surface area contributed by atoms with Crippen LogP contribution in [0.1, 0.15) is 23.1 Å². The van der Waals surface area contributed by atoms with Crippen LogP contribution in [0, 0.1) is 5.92 Å². The van der Waals surface area contributed by atoms with E-state index in [-0.39, 0.29) is 25.4 Å². The Bertz CT molecular complexity index is 1080. The number of nitrogens with two attached hydrogens (primary N) is 1. The summed E-state index contributed by atoms with van der Waals surface area (Å²) in [6.45, 7) is 1.51. The number of Topliss-reactive ketones (excluding diaryl/α,β-unsaturated/α-hetero) is 1. The molecule has 3 unspecified atom stereocenters. The Labute approximate surface area is 224 Å². The van der Waals surface area contributed by atoms with Crippen molar-refractivity contribution >= 4 is 5.78 Å². The van der Waals surface area contributed by atoms with Crippen molar-refractivity contribution in [2.45, 2.75) is 50.8 Å². The maximum absolute atomic E-state index is 13.6. The molecule has 1 heterocycles. The molecule has 0 aliphatic carbocycles. The Balaban J connectivity index is 1.57. The van der Waals surface area contributed by atoms with Gasteiger partial charge >= 0.3 is 0 Å². The third-order valence-electron chi connectivity index (χ3n) is 6.61. The summed E-state index contributed by atoms with van der Waals surface area (Å²) in [6.07, 6.45) is -2.40. The Kier molecular flexibility index (Phi) is 11.0. The van der Waals surface area contributed by atoms with E-state index in [0.29, 0.717) is 19.8 Å². The van der Waals surface area contributed by atoms with Gasteiger partial charge in [-0.25, -0.2) is 0 Å². The number of rotatable bonds is 14. The molecule has 0 amide bonds. The predicted molar refractivity (Wildman–Crippen MR) is 144 cm³/mol. The van der Waals surface area contributed by atoms with E-state index in [1.54, 1.807) is 7.11 Å². The molecule has 0 aromatic heterocycles. The summed E-state index contributed by atoms with van der Waals surface area (Å²) in [4.78, 5) is 13.6. The van der Waals surface area contributed by atoms with E-state index in [1.165, 1.54) is 0 Å². The number of carbonyl (C=O) groups is 1. The van der Waals surface area contributed by atoms with Crippen molar-refractivity contribution in [3.05, 3.63) is 108 Å². The number of hydrogen-bond donors (Lipinski definition) is 1. The first kappa shape index (κ1) is 28.1. The molecular weight excluding hydrogens is 482 g/mol. The van der Waals surface area contributed by atoms with Crippen LogP contribution in [0.4, 0.5) is 0 Å². The van der Waals surface area contributed by atoms with Gasteiger partial charge in [0, 0.05) is 13.5 Å². The highest BCUT2D eigenvalue weighted by atomic mass is 16.7. The third-order valence-corrected chi connectivity index (χ3v) is 6.61. The molecule has 0 spiro atoms. The van der Waals surface area contributed by atoms with Crippen molar-refractivity contribution < 1.29 is 28.5 Å². The van der Waals surface area contributed by atoms with Crippen LogP contribution in [0.5, 0.6) is 0 Å². The fraction of sp³-hybridized carbons (Fsp3) is 0.387. The van der Waals surface area contributed by atoms with Crippen LogP contribution < -0.4 is 5.73 Å². The number of ether oxygens (including phenoxy) is 5. The molecular formula is C31H37NO6. The summed E-state index contributed by atoms with van der Waals surface area (Å²) < 4.78 is 30.9. The van der Waals surface area contributed by atoms with E-state index < -0.39 is 30.5 Å².